The highest BCUT2D eigenvalue weighted by atomic mass is 16.5. The van der Waals surface area contributed by atoms with Gasteiger partial charge in [-0.1, -0.05) is 12.1 Å². The molecule has 2 aromatic carbocycles. The van der Waals surface area contributed by atoms with E-state index in [0.29, 0.717) is 18.9 Å². The molecule has 2 N–H and O–H groups in total. The van der Waals surface area contributed by atoms with Crippen LogP contribution in [-0.2, 0) is 22.4 Å². The molecule has 0 fully saturated rings. The smallest absolute Gasteiger partial charge is 0.356 e. The molecule has 0 atom stereocenters. The Morgan fingerprint density at radius 1 is 1.12 bits per heavy atom. The number of nitrogens with zero attached hydrogens (tertiary/aromatic N) is 4. The molecule has 0 aliphatic carbocycles. The molecule has 2 heterocycles. The summed E-state index contributed by atoms with van der Waals surface area (Å²) < 4.78 is 5.36. The van der Waals surface area contributed by atoms with Crippen LogP contribution in [0.1, 0.15) is 30.9 Å². The van der Waals surface area contributed by atoms with Gasteiger partial charge < -0.3 is 19.9 Å². The molecular formula is C26H36N5O2+. The van der Waals surface area contributed by atoms with E-state index < -0.39 is 0 Å². The minimum absolute atomic E-state index is 0.323. The molecular weight excluding hydrogens is 414 g/mol. The number of benzene rings is 2. The number of hydrazone groups is 1. The van der Waals surface area contributed by atoms with Gasteiger partial charge in [0.15, 0.2) is 11.4 Å². The Bertz CT molecular complexity index is 1000. The Balaban J connectivity index is 1.63. The summed E-state index contributed by atoms with van der Waals surface area (Å²) in [5.41, 5.74) is 7.83. The number of nitrogens with two attached hydrogens (primary N) is 1. The van der Waals surface area contributed by atoms with Gasteiger partial charge in [-0.15, -0.1) is 0 Å². The Morgan fingerprint density at radius 3 is 2.42 bits per heavy atom. The standard InChI is InChI=1S/C26H35N5O2/c1-5-33-26(32)23(18-29(3)24-13-7-6-12-22(24)27-2)28-30(4)21-16-19-10-8-14-31-15-9-11-20(17-21)25(19)31/h6-7,12-13,16-17,27H,5,8-11,14-15,18H2,1-4H3/p+1/b28-23-. The van der Waals surface area contributed by atoms with Gasteiger partial charge in [0, 0.05) is 38.9 Å². The van der Waals surface area contributed by atoms with Crippen LogP contribution in [0.4, 0.5) is 22.7 Å². The number of carbonyl (C=O) groups is 1. The Hall–Kier alpha value is -3.06. The topological polar surface area (TPSA) is 65.0 Å². The Labute approximate surface area is 197 Å². The van der Waals surface area contributed by atoms with Crippen LogP contribution < -0.4 is 20.1 Å². The van der Waals surface area contributed by atoms with Crippen LogP contribution in [-0.4, -0.2) is 59.1 Å². The number of carbonyl (C=O) groups excluding carboxylic acids is 1. The minimum atomic E-state index is -0.375. The Morgan fingerprint density at radius 2 is 1.79 bits per heavy atom. The lowest BCUT2D eigenvalue weighted by Crippen LogP contribution is -2.73. The lowest BCUT2D eigenvalue weighted by molar-refractivity contribution is -0.538. The first-order chi connectivity index (χ1) is 16.0. The number of anilines is 3. The van der Waals surface area contributed by atoms with Crippen molar-refractivity contribution in [2.75, 3.05) is 62.2 Å². The fraction of sp³-hybridized carbons (Fsp3) is 0.462. The number of quaternary nitrogens is 1. The summed E-state index contributed by atoms with van der Waals surface area (Å²) in [7, 11) is 5.92. The summed E-state index contributed by atoms with van der Waals surface area (Å²) >= 11 is 0. The van der Waals surface area contributed by atoms with E-state index in [1.807, 2.05) is 50.1 Å². The zero-order valence-corrected chi connectivity index (χ0v) is 20.3. The largest absolute Gasteiger partial charge is 0.461 e. The predicted octanol–water partition coefficient (Wildman–Crippen LogP) is 2.70. The van der Waals surface area contributed by atoms with Crippen LogP contribution in [0.3, 0.4) is 0 Å². The van der Waals surface area contributed by atoms with Crippen molar-refractivity contribution in [2.45, 2.75) is 32.6 Å². The molecule has 0 unspecified atom stereocenters. The molecule has 2 aliphatic rings. The van der Waals surface area contributed by atoms with Gasteiger partial charge in [-0.3, -0.25) is 5.01 Å². The maximum absolute atomic E-state index is 12.8. The quantitative estimate of drug-likeness (QED) is 0.290. The lowest BCUT2D eigenvalue weighted by Gasteiger charge is -2.37. The zero-order valence-electron chi connectivity index (χ0n) is 20.3. The second kappa shape index (κ2) is 10.3. The molecule has 2 aliphatic heterocycles. The molecule has 0 saturated carbocycles. The second-order valence-electron chi connectivity index (χ2n) is 8.80. The van der Waals surface area contributed by atoms with Crippen LogP contribution in [0, 0.1) is 0 Å². The first-order valence-electron chi connectivity index (χ1n) is 12.0. The van der Waals surface area contributed by atoms with Crippen molar-refractivity contribution >= 4 is 34.4 Å². The molecule has 0 aromatic heterocycles. The monoisotopic (exact) mass is 450 g/mol. The van der Waals surface area contributed by atoms with Crippen molar-refractivity contribution in [3.8, 4) is 0 Å². The van der Waals surface area contributed by atoms with Gasteiger partial charge in [0.05, 0.1) is 31.6 Å². The molecule has 0 radical (unpaired) electrons. The minimum Gasteiger partial charge on any atom is -0.461 e. The molecule has 176 valence electrons. The van der Waals surface area contributed by atoms with Gasteiger partial charge in [-0.2, -0.15) is 5.10 Å². The summed E-state index contributed by atoms with van der Waals surface area (Å²) in [6.45, 7) is 4.82. The highest BCUT2D eigenvalue weighted by Crippen LogP contribution is 2.38. The van der Waals surface area contributed by atoms with E-state index in [9.17, 15) is 4.79 Å². The molecule has 0 saturated heterocycles. The van der Waals surface area contributed by atoms with Crippen LogP contribution in [0.15, 0.2) is 41.5 Å². The van der Waals surface area contributed by atoms with Crippen LogP contribution in [0.2, 0.25) is 0 Å². The highest BCUT2D eigenvalue weighted by Gasteiger charge is 2.25. The van der Waals surface area contributed by atoms with E-state index in [2.05, 4.69) is 34.5 Å². The maximum atomic E-state index is 12.8. The predicted molar refractivity (Wildman–Crippen MR) is 135 cm³/mol. The molecule has 0 bridgehead atoms. The molecule has 33 heavy (non-hydrogen) atoms. The number of esters is 1. The number of para-hydroxylation sites is 2. The first-order valence-corrected chi connectivity index (χ1v) is 12.0. The van der Waals surface area contributed by atoms with E-state index >= 15 is 0 Å². The number of aryl methyl sites for hydroxylation is 2. The summed E-state index contributed by atoms with van der Waals surface area (Å²) in [4.78, 5) is 17.4. The van der Waals surface area contributed by atoms with Crippen LogP contribution >= 0.6 is 0 Å². The zero-order chi connectivity index (χ0) is 23.4. The van der Waals surface area contributed by atoms with Crippen molar-refractivity contribution in [3.63, 3.8) is 0 Å². The van der Waals surface area contributed by atoms with Crippen molar-refractivity contribution in [2.24, 2.45) is 5.10 Å². The van der Waals surface area contributed by atoms with Crippen molar-refractivity contribution in [3.05, 3.63) is 47.5 Å². The van der Waals surface area contributed by atoms with Crippen LogP contribution in [0.25, 0.3) is 0 Å². The van der Waals surface area contributed by atoms with E-state index in [-0.39, 0.29) is 5.97 Å². The van der Waals surface area contributed by atoms with Gasteiger partial charge in [0.25, 0.3) is 0 Å². The van der Waals surface area contributed by atoms with Crippen molar-refractivity contribution in [1.29, 1.82) is 0 Å². The van der Waals surface area contributed by atoms with Gasteiger partial charge >= 0.3 is 5.97 Å². The maximum Gasteiger partial charge on any atom is 0.356 e. The summed E-state index contributed by atoms with van der Waals surface area (Å²) in [5, 5.41) is 8.66. The van der Waals surface area contributed by atoms with Gasteiger partial charge in [-0.05, 0) is 61.9 Å². The summed E-state index contributed by atoms with van der Waals surface area (Å²) in [6.07, 6.45) is 4.58. The number of rotatable bonds is 8. The second-order valence-corrected chi connectivity index (χ2v) is 8.80. The van der Waals surface area contributed by atoms with Crippen LogP contribution in [0.5, 0.6) is 0 Å². The third-order valence-corrected chi connectivity index (χ3v) is 6.52. The number of hydrogen-bond donors (Lipinski definition) is 1. The normalized spacial score (nSPS) is 15.2. The van der Waals surface area contributed by atoms with Gasteiger partial charge in [-0.25, -0.2) is 4.79 Å². The Kier molecular flexibility index (Phi) is 7.18. The molecule has 0 amide bonds. The van der Waals surface area contributed by atoms with E-state index in [0.717, 1.165) is 43.0 Å². The third-order valence-electron chi connectivity index (χ3n) is 6.52. The number of ether oxygens (including phenoxy) is 1. The van der Waals surface area contributed by atoms with Gasteiger partial charge in [0.1, 0.15) is 0 Å². The average molecular weight is 451 g/mol. The molecule has 2 aromatic rings. The van der Waals surface area contributed by atoms with E-state index in [1.165, 1.54) is 29.7 Å². The number of hydrogen-bond acceptors (Lipinski definition) is 6. The fourth-order valence-corrected chi connectivity index (χ4v) is 4.95. The molecule has 4 rings (SSSR count). The van der Waals surface area contributed by atoms with Crippen molar-refractivity contribution in [1.82, 2.24) is 0 Å². The van der Waals surface area contributed by atoms with Gasteiger partial charge in [0.2, 0.25) is 0 Å². The molecule has 0 spiro atoms. The van der Waals surface area contributed by atoms with Crippen molar-refractivity contribution < 1.29 is 14.8 Å². The molecule has 7 heteroatoms. The van der Waals surface area contributed by atoms with E-state index in [1.54, 1.807) is 0 Å². The summed E-state index contributed by atoms with van der Waals surface area (Å²) in [6, 6.07) is 12.6. The average Bonchev–Trinajstić information content (AvgIpc) is 2.83. The highest BCUT2D eigenvalue weighted by molar-refractivity contribution is 6.38. The van der Waals surface area contributed by atoms with E-state index in [4.69, 9.17) is 9.84 Å². The lowest BCUT2D eigenvalue weighted by atomic mass is 9.91. The SMILES string of the molecule is CCOC(=O)/C(CN(C)c1ccccc1[NH2+]C)=N\N(C)c1cc2c3c(c1)CCCN3CCC2. The fourth-order valence-electron chi connectivity index (χ4n) is 4.95. The summed E-state index contributed by atoms with van der Waals surface area (Å²) in [5.74, 6) is -0.375. The molecule has 7 nitrogen and oxygen atoms in total. The first kappa shape index (κ1) is 23.1. The third kappa shape index (κ3) is 4.98.